The Kier molecular flexibility index (Phi) is 6.48. The van der Waals surface area contributed by atoms with Gasteiger partial charge in [0.05, 0.1) is 16.8 Å². The van der Waals surface area contributed by atoms with Gasteiger partial charge >= 0.3 is 0 Å². The molecule has 0 bridgehead atoms. The molecule has 2 aromatic carbocycles. The zero-order valence-electron chi connectivity index (χ0n) is 17.7. The largest absolute Gasteiger partial charge is 0.332 e. The fourth-order valence-electron chi connectivity index (χ4n) is 3.42. The van der Waals surface area contributed by atoms with E-state index in [4.69, 9.17) is 17.2 Å². The number of thioether (sulfide) groups is 1. The van der Waals surface area contributed by atoms with Crippen molar-refractivity contribution in [1.29, 1.82) is 0 Å². The number of hydrogen-bond acceptors (Lipinski definition) is 5. The number of benzene rings is 2. The SMILES string of the molecule is CCn1c(CSc2nc(C)cc(C)n2)nc2cc(NC(=S)Nc3ccccc3)ccc21. The average molecular weight is 449 g/mol. The number of thiocarbonyl (C=S) groups is 1. The lowest BCUT2D eigenvalue weighted by Gasteiger charge is -2.10. The van der Waals surface area contributed by atoms with E-state index < -0.39 is 0 Å². The summed E-state index contributed by atoms with van der Waals surface area (Å²) in [7, 11) is 0. The number of nitrogens with zero attached hydrogens (tertiary/aromatic N) is 4. The van der Waals surface area contributed by atoms with Crippen LogP contribution in [0.2, 0.25) is 0 Å². The molecule has 0 aliphatic heterocycles. The van der Waals surface area contributed by atoms with Crippen molar-refractivity contribution in [2.45, 2.75) is 38.2 Å². The fourth-order valence-corrected chi connectivity index (χ4v) is 4.55. The number of para-hydroxylation sites is 1. The van der Waals surface area contributed by atoms with Crippen molar-refractivity contribution < 1.29 is 0 Å². The van der Waals surface area contributed by atoms with Crippen LogP contribution in [0.15, 0.2) is 59.8 Å². The van der Waals surface area contributed by atoms with Gasteiger partial charge in [0.15, 0.2) is 10.3 Å². The maximum absolute atomic E-state index is 5.45. The van der Waals surface area contributed by atoms with Crippen LogP contribution >= 0.6 is 24.0 Å². The van der Waals surface area contributed by atoms with E-state index in [2.05, 4.69) is 38.2 Å². The lowest BCUT2D eigenvalue weighted by Crippen LogP contribution is -2.18. The molecule has 2 aromatic heterocycles. The summed E-state index contributed by atoms with van der Waals surface area (Å²) in [5, 5.41) is 7.77. The monoisotopic (exact) mass is 448 g/mol. The highest BCUT2D eigenvalue weighted by molar-refractivity contribution is 7.98. The molecule has 2 heterocycles. The predicted molar refractivity (Wildman–Crippen MR) is 133 cm³/mol. The number of imidazole rings is 1. The van der Waals surface area contributed by atoms with Crippen molar-refractivity contribution in [2.24, 2.45) is 0 Å². The first-order valence-electron chi connectivity index (χ1n) is 10.1. The minimum atomic E-state index is 0.545. The lowest BCUT2D eigenvalue weighted by molar-refractivity contribution is 0.747. The second-order valence-electron chi connectivity index (χ2n) is 7.14. The van der Waals surface area contributed by atoms with Gasteiger partial charge in [0.2, 0.25) is 0 Å². The summed E-state index contributed by atoms with van der Waals surface area (Å²) in [5.41, 5.74) is 5.85. The molecule has 0 saturated carbocycles. The summed E-state index contributed by atoms with van der Waals surface area (Å²) < 4.78 is 2.23. The van der Waals surface area contributed by atoms with Gasteiger partial charge in [-0.15, -0.1) is 0 Å². The number of rotatable bonds is 6. The zero-order chi connectivity index (χ0) is 21.8. The van der Waals surface area contributed by atoms with Gasteiger partial charge in [0, 0.05) is 29.3 Å². The number of nitrogens with one attached hydrogen (secondary N) is 2. The van der Waals surface area contributed by atoms with Gasteiger partial charge < -0.3 is 15.2 Å². The molecule has 0 aliphatic rings. The molecule has 0 atom stereocenters. The van der Waals surface area contributed by atoms with Crippen molar-refractivity contribution in [3.8, 4) is 0 Å². The molecule has 0 aliphatic carbocycles. The van der Waals surface area contributed by atoms with E-state index in [-0.39, 0.29) is 0 Å². The third-order valence-corrected chi connectivity index (χ3v) is 5.77. The van der Waals surface area contributed by atoms with E-state index in [0.717, 1.165) is 51.3 Å². The molecule has 0 spiro atoms. The molecule has 6 nitrogen and oxygen atoms in total. The Balaban J connectivity index is 1.51. The smallest absolute Gasteiger partial charge is 0.188 e. The molecule has 4 aromatic rings. The van der Waals surface area contributed by atoms with Crippen molar-refractivity contribution in [1.82, 2.24) is 19.5 Å². The number of fused-ring (bicyclic) bond motifs is 1. The van der Waals surface area contributed by atoms with Crippen molar-refractivity contribution in [3.05, 3.63) is 71.8 Å². The number of aryl methyl sites for hydroxylation is 3. The molecule has 0 amide bonds. The maximum Gasteiger partial charge on any atom is 0.188 e. The molecular formula is C23H24N6S2. The van der Waals surface area contributed by atoms with E-state index in [0.29, 0.717) is 10.9 Å². The van der Waals surface area contributed by atoms with E-state index in [1.54, 1.807) is 11.8 Å². The quantitative estimate of drug-likeness (QED) is 0.227. The van der Waals surface area contributed by atoms with E-state index >= 15 is 0 Å². The molecule has 0 radical (unpaired) electrons. The Morgan fingerprint density at radius 3 is 2.35 bits per heavy atom. The number of hydrogen-bond donors (Lipinski definition) is 2. The van der Waals surface area contributed by atoms with Crippen LogP contribution in [-0.2, 0) is 12.3 Å². The van der Waals surface area contributed by atoms with Crippen LogP contribution in [0.3, 0.4) is 0 Å². The Morgan fingerprint density at radius 1 is 0.935 bits per heavy atom. The van der Waals surface area contributed by atoms with E-state index in [1.807, 2.05) is 62.4 Å². The first kappa shape index (κ1) is 21.3. The number of anilines is 2. The first-order valence-corrected chi connectivity index (χ1v) is 11.5. The predicted octanol–water partition coefficient (Wildman–Crippen LogP) is 5.56. The molecule has 31 heavy (non-hydrogen) atoms. The Hall–Kier alpha value is -2.97. The van der Waals surface area contributed by atoms with Crippen molar-refractivity contribution >= 4 is 51.5 Å². The average Bonchev–Trinajstić information content (AvgIpc) is 3.09. The minimum Gasteiger partial charge on any atom is -0.332 e. The van der Waals surface area contributed by atoms with Gasteiger partial charge in [0.25, 0.3) is 0 Å². The van der Waals surface area contributed by atoms with Gasteiger partial charge in [-0.25, -0.2) is 15.0 Å². The molecule has 0 unspecified atom stereocenters. The molecule has 0 saturated heterocycles. The van der Waals surface area contributed by atoms with Crippen LogP contribution < -0.4 is 10.6 Å². The first-order chi connectivity index (χ1) is 15.0. The van der Waals surface area contributed by atoms with Crippen LogP contribution in [0.1, 0.15) is 24.1 Å². The lowest BCUT2D eigenvalue weighted by atomic mass is 10.2. The molecular weight excluding hydrogens is 424 g/mol. The third kappa shape index (κ3) is 5.21. The molecule has 0 fully saturated rings. The summed E-state index contributed by atoms with van der Waals surface area (Å²) in [5.74, 6) is 1.72. The summed E-state index contributed by atoms with van der Waals surface area (Å²) in [6.07, 6.45) is 0. The van der Waals surface area contributed by atoms with Crippen molar-refractivity contribution in [2.75, 3.05) is 10.6 Å². The Labute approximate surface area is 191 Å². The second-order valence-corrected chi connectivity index (χ2v) is 8.49. The van der Waals surface area contributed by atoms with Gasteiger partial charge in [-0.1, -0.05) is 30.0 Å². The summed E-state index contributed by atoms with van der Waals surface area (Å²) in [4.78, 5) is 13.9. The van der Waals surface area contributed by atoms with Gasteiger partial charge in [-0.2, -0.15) is 0 Å². The van der Waals surface area contributed by atoms with Crippen LogP contribution in [0.25, 0.3) is 11.0 Å². The van der Waals surface area contributed by atoms with Crippen LogP contribution in [0, 0.1) is 13.8 Å². The standard InChI is InChI=1S/C23H24N6S2/c1-4-29-20-11-10-18(27-22(30)26-17-8-6-5-7-9-17)13-19(20)28-21(29)14-31-23-24-15(2)12-16(3)25-23/h5-13H,4,14H2,1-3H3,(H2,26,27,30). The minimum absolute atomic E-state index is 0.545. The second kappa shape index (κ2) is 9.45. The Bertz CT molecular complexity index is 1200. The summed E-state index contributed by atoms with van der Waals surface area (Å²) in [6, 6.07) is 18.0. The topological polar surface area (TPSA) is 67.7 Å². The molecule has 4 rings (SSSR count). The number of aromatic nitrogens is 4. The zero-order valence-corrected chi connectivity index (χ0v) is 19.3. The fraction of sp³-hybridized carbons (Fsp3) is 0.217. The van der Waals surface area contributed by atoms with Gasteiger partial charge in [-0.05, 0) is 69.4 Å². The highest BCUT2D eigenvalue weighted by Gasteiger charge is 2.12. The highest BCUT2D eigenvalue weighted by atomic mass is 32.2. The third-order valence-electron chi connectivity index (χ3n) is 4.73. The van der Waals surface area contributed by atoms with Crippen LogP contribution in [0.4, 0.5) is 11.4 Å². The summed E-state index contributed by atoms with van der Waals surface area (Å²) in [6.45, 7) is 6.96. The summed E-state index contributed by atoms with van der Waals surface area (Å²) >= 11 is 7.06. The van der Waals surface area contributed by atoms with E-state index in [1.165, 1.54) is 0 Å². The molecule has 8 heteroatoms. The normalized spacial score (nSPS) is 10.9. The van der Waals surface area contributed by atoms with Crippen LogP contribution in [0.5, 0.6) is 0 Å². The van der Waals surface area contributed by atoms with Gasteiger partial charge in [-0.3, -0.25) is 0 Å². The molecule has 158 valence electrons. The maximum atomic E-state index is 5.45. The van der Waals surface area contributed by atoms with Crippen LogP contribution in [-0.4, -0.2) is 24.6 Å². The van der Waals surface area contributed by atoms with Crippen molar-refractivity contribution in [3.63, 3.8) is 0 Å². The molecule has 2 N–H and O–H groups in total. The van der Waals surface area contributed by atoms with Gasteiger partial charge in [0.1, 0.15) is 5.82 Å². The van der Waals surface area contributed by atoms with E-state index in [9.17, 15) is 0 Å². The highest BCUT2D eigenvalue weighted by Crippen LogP contribution is 2.25. The Morgan fingerprint density at radius 2 is 1.65 bits per heavy atom.